The van der Waals surface area contributed by atoms with Crippen molar-refractivity contribution >= 4 is 147 Å². The van der Waals surface area contributed by atoms with Crippen LogP contribution in [-0.4, -0.2) is 60.0 Å². The molecule has 0 aliphatic heterocycles. The normalized spacial score (nSPS) is 11.7. The molecule has 1 nitrogen and oxygen atoms in total. The van der Waals surface area contributed by atoms with Crippen molar-refractivity contribution in [2.45, 2.75) is 0 Å². The summed E-state index contributed by atoms with van der Waals surface area (Å²) in [6, 6.07) is 35.3. The maximum Gasteiger partial charge on any atom is 0.143 e. The summed E-state index contributed by atoms with van der Waals surface area (Å²) in [6.45, 7) is 0. The van der Waals surface area contributed by atoms with E-state index in [1.165, 1.54) is 81.5 Å². The third-order valence-electron chi connectivity index (χ3n) is 11.1. The fraction of sp³-hybridized carbons (Fsp3) is 0. The molecule has 0 spiro atoms. The highest BCUT2D eigenvalue weighted by Gasteiger charge is 2.26. The Hall–Kier alpha value is -4.69. The topological polar surface area (TPSA) is 20.2 Å². The van der Waals surface area contributed by atoms with Crippen molar-refractivity contribution in [3.63, 3.8) is 0 Å². The largest absolute Gasteiger partial charge is 0.508 e. The molecule has 8 aromatic rings. The average Bonchev–Trinajstić information content (AvgIpc) is 3.09. The highest BCUT2D eigenvalue weighted by atomic mass is 16.3. The molecule has 0 aliphatic rings. The molecule has 210 valence electrons. The number of phenolic OH excluding ortho intramolecular Hbond substituents is 1. The Labute approximate surface area is 276 Å². The maximum absolute atomic E-state index is 12.2. The van der Waals surface area contributed by atoms with Gasteiger partial charge in [0.25, 0.3) is 0 Å². The van der Waals surface area contributed by atoms with Gasteiger partial charge in [-0.15, -0.1) is 10.9 Å². The SMILES string of the molecule is Bc1c(B)c(B)c2c(-c3ccccc3)c3c(O)c(B)c(B)c(B)c3c(-c3cccc4c3ccc3cc5ccccc5cc34)c2c1B. The van der Waals surface area contributed by atoms with Gasteiger partial charge < -0.3 is 5.11 Å². The fourth-order valence-electron chi connectivity index (χ4n) is 8.05. The molecule has 0 atom stereocenters. The van der Waals surface area contributed by atoms with E-state index in [4.69, 9.17) is 0 Å². The molecule has 0 unspecified atom stereocenters. The van der Waals surface area contributed by atoms with Crippen molar-refractivity contribution in [2.75, 3.05) is 0 Å². The van der Waals surface area contributed by atoms with Crippen LogP contribution in [0.5, 0.6) is 5.75 Å². The molecule has 8 rings (SSSR count). The van der Waals surface area contributed by atoms with Gasteiger partial charge in [-0.3, -0.25) is 0 Å². The molecule has 1 N–H and O–H groups in total. The minimum absolute atomic E-state index is 0.382. The van der Waals surface area contributed by atoms with E-state index < -0.39 is 0 Å². The summed E-state index contributed by atoms with van der Waals surface area (Å²) in [5.74, 6) is 0.382. The Morgan fingerprint density at radius 1 is 0.370 bits per heavy atom. The predicted molar refractivity (Wildman–Crippen MR) is 224 cm³/mol. The molecule has 0 aromatic heterocycles. The van der Waals surface area contributed by atoms with Gasteiger partial charge in [0.15, 0.2) is 0 Å². The lowest BCUT2D eigenvalue weighted by atomic mass is 9.61. The minimum atomic E-state index is 0.382. The van der Waals surface area contributed by atoms with E-state index in [-0.39, 0.29) is 0 Å². The van der Waals surface area contributed by atoms with Gasteiger partial charge in [-0.2, -0.15) is 0 Å². The van der Waals surface area contributed by atoms with Crippen molar-refractivity contribution in [3.8, 4) is 28.0 Å². The minimum Gasteiger partial charge on any atom is -0.508 e. The first-order valence-corrected chi connectivity index (χ1v) is 16.3. The summed E-state index contributed by atoms with van der Waals surface area (Å²) in [5, 5.41) is 24.3. The van der Waals surface area contributed by atoms with Gasteiger partial charge in [-0.25, -0.2) is 0 Å². The molecule has 0 aliphatic carbocycles. The Morgan fingerprint density at radius 3 is 1.61 bits per heavy atom. The number of benzene rings is 8. The summed E-state index contributed by atoms with van der Waals surface area (Å²) in [4.78, 5) is 0. The number of hydrogen-bond donors (Lipinski definition) is 1. The van der Waals surface area contributed by atoms with Crippen LogP contribution in [0.1, 0.15) is 0 Å². The van der Waals surface area contributed by atoms with Gasteiger partial charge in [0.1, 0.15) is 60.7 Å². The monoisotopic (exact) mass is 580 g/mol. The van der Waals surface area contributed by atoms with Crippen LogP contribution in [0.25, 0.3) is 76.1 Å². The maximum atomic E-state index is 12.2. The summed E-state index contributed by atoms with van der Waals surface area (Å²) >= 11 is 0. The van der Waals surface area contributed by atoms with Crippen molar-refractivity contribution in [2.24, 2.45) is 0 Å². The van der Waals surface area contributed by atoms with Gasteiger partial charge in [0, 0.05) is 10.9 Å². The number of fused-ring (bicyclic) bond motifs is 6. The lowest BCUT2D eigenvalue weighted by molar-refractivity contribution is 0.486. The molecule has 8 heteroatoms. The molecular weight excluding hydrogens is 548 g/mol. The zero-order chi connectivity index (χ0) is 32.0. The van der Waals surface area contributed by atoms with Gasteiger partial charge in [-0.05, 0) is 77.3 Å². The van der Waals surface area contributed by atoms with E-state index in [2.05, 4.69) is 152 Å². The zero-order valence-electron chi connectivity index (χ0n) is 27.7. The van der Waals surface area contributed by atoms with E-state index >= 15 is 0 Å². The van der Waals surface area contributed by atoms with E-state index in [9.17, 15) is 5.11 Å². The molecule has 0 saturated heterocycles. The van der Waals surface area contributed by atoms with E-state index in [1.54, 1.807) is 0 Å². The van der Waals surface area contributed by atoms with Crippen LogP contribution in [0.3, 0.4) is 0 Å². The molecule has 0 fully saturated rings. The standard InChI is InChI=1S/C38H31B7O/c39-31-27-25(17-7-2-1-3-8-17)30-29(33(41)36(44)37(45)38(30)46)26(28(27)32(40)35(43)34(31)42)23-12-6-11-21-22(23)14-13-20-15-18-9-4-5-10-19(18)16-24(20)21/h1-16,46H,39-45H2. The predicted octanol–water partition coefficient (Wildman–Crippen LogP) is -1.70. The van der Waals surface area contributed by atoms with E-state index in [0.29, 0.717) is 5.75 Å². The highest BCUT2D eigenvalue weighted by Crippen LogP contribution is 2.46. The Morgan fingerprint density at radius 2 is 0.935 bits per heavy atom. The van der Waals surface area contributed by atoms with Crippen molar-refractivity contribution < 1.29 is 5.11 Å². The molecule has 0 saturated carbocycles. The van der Waals surface area contributed by atoms with Crippen LogP contribution in [0.2, 0.25) is 0 Å². The number of rotatable bonds is 2. The second-order valence-corrected chi connectivity index (χ2v) is 13.2. The summed E-state index contributed by atoms with van der Waals surface area (Å²) in [5.41, 5.74) is 13.2. The first kappa shape index (κ1) is 28.8. The first-order valence-electron chi connectivity index (χ1n) is 16.3. The third kappa shape index (κ3) is 3.92. The van der Waals surface area contributed by atoms with Crippen LogP contribution >= 0.6 is 0 Å². The number of hydrogen-bond acceptors (Lipinski definition) is 1. The second-order valence-electron chi connectivity index (χ2n) is 13.2. The summed E-state index contributed by atoms with van der Waals surface area (Å²) in [6.07, 6.45) is 0. The van der Waals surface area contributed by atoms with Gasteiger partial charge >= 0.3 is 0 Å². The molecule has 0 bridgehead atoms. The highest BCUT2D eigenvalue weighted by molar-refractivity contribution is 6.69. The molecule has 46 heavy (non-hydrogen) atoms. The molecule has 8 aromatic carbocycles. The molecule has 0 amide bonds. The first-order chi connectivity index (χ1) is 22.2. The van der Waals surface area contributed by atoms with Gasteiger partial charge in [0.05, 0.1) is 0 Å². The number of phenols is 1. The molecular formula is C38H31B7O. The molecule has 0 heterocycles. The average molecular weight is 579 g/mol. The zero-order valence-corrected chi connectivity index (χ0v) is 27.7. The molecule has 0 radical (unpaired) electrons. The Balaban J connectivity index is 1.67. The fourth-order valence-corrected chi connectivity index (χ4v) is 8.05. The van der Waals surface area contributed by atoms with Crippen LogP contribution in [0.15, 0.2) is 97.1 Å². The third-order valence-corrected chi connectivity index (χ3v) is 11.1. The van der Waals surface area contributed by atoms with Crippen LogP contribution < -0.4 is 38.2 Å². The van der Waals surface area contributed by atoms with E-state index in [1.807, 2.05) is 0 Å². The lowest BCUT2D eigenvalue weighted by Gasteiger charge is -2.27. The lowest BCUT2D eigenvalue weighted by Crippen LogP contribution is -2.48. The summed E-state index contributed by atoms with van der Waals surface area (Å²) < 4.78 is 0. The van der Waals surface area contributed by atoms with Gasteiger partial charge in [0.2, 0.25) is 0 Å². The van der Waals surface area contributed by atoms with Crippen molar-refractivity contribution in [1.82, 2.24) is 0 Å². The van der Waals surface area contributed by atoms with Crippen molar-refractivity contribution in [3.05, 3.63) is 97.1 Å². The van der Waals surface area contributed by atoms with Crippen LogP contribution in [-0.2, 0) is 0 Å². The Bertz CT molecular complexity index is 2530. The quantitative estimate of drug-likeness (QED) is 0.147. The van der Waals surface area contributed by atoms with Crippen LogP contribution in [0, 0.1) is 0 Å². The summed E-state index contributed by atoms with van der Waals surface area (Å²) in [7, 11) is 15.5. The number of aromatic hydroxyl groups is 1. The smallest absolute Gasteiger partial charge is 0.143 e. The second kappa shape index (κ2) is 10.4. The van der Waals surface area contributed by atoms with Crippen LogP contribution in [0.4, 0.5) is 0 Å². The van der Waals surface area contributed by atoms with Gasteiger partial charge in [-0.1, -0.05) is 112 Å². The van der Waals surface area contributed by atoms with E-state index in [0.717, 1.165) is 32.8 Å². The van der Waals surface area contributed by atoms with Crippen molar-refractivity contribution in [1.29, 1.82) is 0 Å². The Kier molecular flexibility index (Phi) is 6.52.